The number of aromatic nitrogens is 2. The second-order valence-electron chi connectivity index (χ2n) is 4.62. The van der Waals surface area contributed by atoms with Gasteiger partial charge in [-0.05, 0) is 49.7 Å². The van der Waals surface area contributed by atoms with Gasteiger partial charge in [-0.1, -0.05) is 30.1 Å². The van der Waals surface area contributed by atoms with Crippen LogP contribution in [0.5, 0.6) is 0 Å². The van der Waals surface area contributed by atoms with Gasteiger partial charge in [-0.2, -0.15) is 5.10 Å². The zero-order valence-electron chi connectivity index (χ0n) is 11.7. The van der Waals surface area contributed by atoms with Crippen LogP contribution >= 0.6 is 23.2 Å². The van der Waals surface area contributed by atoms with Crippen LogP contribution in [0, 0.1) is 0 Å². The Hall–Kier alpha value is -1.03. The second-order valence-corrected chi connectivity index (χ2v) is 5.47. The highest BCUT2D eigenvalue weighted by molar-refractivity contribution is 6.33. The summed E-state index contributed by atoms with van der Waals surface area (Å²) in [6.45, 7) is 5.95. The van der Waals surface area contributed by atoms with Gasteiger partial charge in [0.15, 0.2) is 0 Å². The van der Waals surface area contributed by atoms with Crippen molar-refractivity contribution < 1.29 is 0 Å². The fraction of sp³-hybridized carbons (Fsp3) is 0.400. The monoisotopic (exact) mass is 311 g/mol. The van der Waals surface area contributed by atoms with Gasteiger partial charge in [-0.3, -0.25) is 4.68 Å². The van der Waals surface area contributed by atoms with Crippen molar-refractivity contribution in [2.45, 2.75) is 32.9 Å². The Morgan fingerprint density at radius 1 is 1.25 bits per heavy atom. The van der Waals surface area contributed by atoms with Gasteiger partial charge in [0.2, 0.25) is 0 Å². The van der Waals surface area contributed by atoms with E-state index in [1.54, 1.807) is 6.07 Å². The van der Waals surface area contributed by atoms with Crippen LogP contribution in [0.15, 0.2) is 30.5 Å². The summed E-state index contributed by atoms with van der Waals surface area (Å²) in [6.07, 6.45) is 2.87. The molecule has 0 spiro atoms. The van der Waals surface area contributed by atoms with E-state index in [1.807, 2.05) is 29.1 Å². The average Bonchev–Trinajstić information content (AvgIpc) is 2.91. The number of aryl methyl sites for hydroxylation is 1. The minimum absolute atomic E-state index is 0.00333. The average molecular weight is 312 g/mol. The van der Waals surface area contributed by atoms with Gasteiger partial charge in [0, 0.05) is 22.8 Å². The molecule has 108 valence electrons. The zero-order chi connectivity index (χ0) is 14.5. The van der Waals surface area contributed by atoms with Gasteiger partial charge in [0.25, 0.3) is 0 Å². The molecule has 5 heteroatoms. The van der Waals surface area contributed by atoms with Crippen LogP contribution in [0.1, 0.15) is 37.6 Å². The van der Waals surface area contributed by atoms with E-state index in [2.05, 4.69) is 24.3 Å². The topological polar surface area (TPSA) is 29.9 Å². The standard InChI is InChI=1S/C15H19Cl2N3/c1-3-8-18-15(14-7-9-19-20(14)4-2)12-10-11(16)5-6-13(12)17/h5-7,9-10,15,18H,3-4,8H2,1-2H3. The van der Waals surface area contributed by atoms with E-state index in [-0.39, 0.29) is 6.04 Å². The highest BCUT2D eigenvalue weighted by Gasteiger charge is 2.20. The molecule has 3 nitrogen and oxygen atoms in total. The van der Waals surface area contributed by atoms with Crippen molar-refractivity contribution in [3.8, 4) is 0 Å². The molecule has 0 aliphatic rings. The molecule has 1 unspecified atom stereocenters. The molecule has 1 aromatic carbocycles. The number of rotatable bonds is 6. The van der Waals surface area contributed by atoms with Crippen molar-refractivity contribution in [3.63, 3.8) is 0 Å². The molecule has 0 fully saturated rings. The van der Waals surface area contributed by atoms with E-state index in [0.717, 1.165) is 30.8 Å². The lowest BCUT2D eigenvalue weighted by Crippen LogP contribution is -2.26. The van der Waals surface area contributed by atoms with E-state index < -0.39 is 0 Å². The Kier molecular flexibility index (Phi) is 5.46. The third kappa shape index (κ3) is 3.35. The van der Waals surface area contributed by atoms with E-state index in [1.165, 1.54) is 0 Å². The maximum Gasteiger partial charge on any atom is 0.0763 e. The number of halogens is 2. The van der Waals surface area contributed by atoms with E-state index in [0.29, 0.717) is 10.0 Å². The highest BCUT2D eigenvalue weighted by Crippen LogP contribution is 2.30. The quantitative estimate of drug-likeness (QED) is 0.862. The van der Waals surface area contributed by atoms with E-state index in [9.17, 15) is 0 Å². The number of hydrogen-bond acceptors (Lipinski definition) is 2. The molecule has 0 amide bonds. The summed E-state index contributed by atoms with van der Waals surface area (Å²) in [4.78, 5) is 0. The lowest BCUT2D eigenvalue weighted by atomic mass is 10.0. The maximum atomic E-state index is 6.35. The van der Waals surface area contributed by atoms with Crippen molar-refractivity contribution >= 4 is 23.2 Å². The molecule has 20 heavy (non-hydrogen) atoms. The van der Waals surface area contributed by atoms with Gasteiger partial charge >= 0.3 is 0 Å². The molecule has 0 saturated heterocycles. The summed E-state index contributed by atoms with van der Waals surface area (Å²) < 4.78 is 1.98. The van der Waals surface area contributed by atoms with Gasteiger partial charge in [-0.25, -0.2) is 0 Å². The minimum atomic E-state index is 0.00333. The minimum Gasteiger partial charge on any atom is -0.305 e. The molecule has 1 heterocycles. The normalized spacial score (nSPS) is 12.6. The molecule has 2 aromatic rings. The first-order chi connectivity index (χ1) is 9.67. The van der Waals surface area contributed by atoms with E-state index >= 15 is 0 Å². The summed E-state index contributed by atoms with van der Waals surface area (Å²) in [6, 6.07) is 7.59. The number of hydrogen-bond donors (Lipinski definition) is 1. The molecular weight excluding hydrogens is 293 g/mol. The van der Waals surface area contributed by atoms with Crippen LogP contribution in [0.2, 0.25) is 10.0 Å². The van der Waals surface area contributed by atoms with Gasteiger partial charge in [-0.15, -0.1) is 0 Å². The van der Waals surface area contributed by atoms with Gasteiger partial charge in [0.1, 0.15) is 0 Å². The van der Waals surface area contributed by atoms with Gasteiger partial charge < -0.3 is 5.32 Å². The lowest BCUT2D eigenvalue weighted by molar-refractivity contribution is 0.530. The summed E-state index contributed by atoms with van der Waals surface area (Å²) in [5.74, 6) is 0. The molecule has 1 N–H and O–H groups in total. The van der Waals surface area contributed by atoms with Crippen LogP contribution in [-0.2, 0) is 6.54 Å². The molecule has 0 radical (unpaired) electrons. The first-order valence-electron chi connectivity index (χ1n) is 6.87. The molecule has 0 aliphatic heterocycles. The Bertz CT molecular complexity index is 566. The van der Waals surface area contributed by atoms with Crippen molar-refractivity contribution in [3.05, 3.63) is 51.8 Å². The smallest absolute Gasteiger partial charge is 0.0763 e. The fourth-order valence-corrected chi connectivity index (χ4v) is 2.66. The first-order valence-corrected chi connectivity index (χ1v) is 7.63. The molecular formula is C15H19Cl2N3. The van der Waals surface area contributed by atoms with Crippen molar-refractivity contribution in [1.29, 1.82) is 0 Å². The molecule has 1 aromatic heterocycles. The Labute approximate surface area is 129 Å². The summed E-state index contributed by atoms with van der Waals surface area (Å²) >= 11 is 12.5. The summed E-state index contributed by atoms with van der Waals surface area (Å²) in [5.41, 5.74) is 2.09. The number of nitrogens with one attached hydrogen (secondary N) is 1. The lowest BCUT2D eigenvalue weighted by Gasteiger charge is -2.21. The van der Waals surface area contributed by atoms with Crippen LogP contribution in [0.25, 0.3) is 0 Å². The maximum absolute atomic E-state index is 6.35. The molecule has 0 bridgehead atoms. The highest BCUT2D eigenvalue weighted by atomic mass is 35.5. The van der Waals surface area contributed by atoms with Crippen LogP contribution in [0.4, 0.5) is 0 Å². The van der Waals surface area contributed by atoms with Crippen molar-refractivity contribution in [1.82, 2.24) is 15.1 Å². The Morgan fingerprint density at radius 2 is 2.05 bits per heavy atom. The van der Waals surface area contributed by atoms with Gasteiger partial charge in [0.05, 0.1) is 11.7 Å². The second kappa shape index (κ2) is 7.11. The third-order valence-electron chi connectivity index (χ3n) is 3.21. The number of nitrogens with zero attached hydrogens (tertiary/aromatic N) is 2. The third-order valence-corrected chi connectivity index (χ3v) is 3.79. The van der Waals surface area contributed by atoms with Crippen LogP contribution in [0.3, 0.4) is 0 Å². The van der Waals surface area contributed by atoms with Crippen LogP contribution < -0.4 is 5.32 Å². The number of benzene rings is 1. The molecule has 0 aliphatic carbocycles. The Morgan fingerprint density at radius 3 is 2.75 bits per heavy atom. The first kappa shape index (κ1) is 15.4. The van der Waals surface area contributed by atoms with Crippen molar-refractivity contribution in [2.24, 2.45) is 0 Å². The van der Waals surface area contributed by atoms with E-state index in [4.69, 9.17) is 23.2 Å². The Balaban J connectivity index is 2.44. The predicted octanol–water partition coefficient (Wildman–Crippen LogP) is 4.30. The summed E-state index contributed by atoms with van der Waals surface area (Å²) in [7, 11) is 0. The fourth-order valence-electron chi connectivity index (χ4n) is 2.25. The molecule has 0 saturated carbocycles. The molecule has 1 atom stereocenters. The zero-order valence-corrected chi connectivity index (χ0v) is 13.2. The van der Waals surface area contributed by atoms with Crippen molar-refractivity contribution in [2.75, 3.05) is 6.54 Å². The SMILES string of the molecule is CCCNC(c1cc(Cl)ccc1Cl)c1ccnn1CC. The predicted molar refractivity (Wildman–Crippen MR) is 84.5 cm³/mol. The summed E-state index contributed by atoms with van der Waals surface area (Å²) in [5, 5.41) is 9.27. The molecule has 2 rings (SSSR count). The van der Waals surface area contributed by atoms with Crippen LogP contribution in [-0.4, -0.2) is 16.3 Å². The largest absolute Gasteiger partial charge is 0.305 e.